The van der Waals surface area contributed by atoms with Crippen molar-refractivity contribution < 1.29 is 13.5 Å². The first-order valence-electron chi connectivity index (χ1n) is 6.34. The molecule has 2 rings (SSSR count). The van der Waals surface area contributed by atoms with E-state index in [1.165, 1.54) is 24.4 Å². The molecule has 0 aliphatic rings. The van der Waals surface area contributed by atoms with Crippen LogP contribution in [0.4, 0.5) is 8.78 Å². The maximum Gasteiger partial charge on any atom is 0.211 e. The molecule has 114 valence electrons. The van der Waals surface area contributed by atoms with Crippen LogP contribution in [0.15, 0.2) is 52.7 Å². The summed E-state index contributed by atoms with van der Waals surface area (Å²) in [5, 5.41) is 6.98. The maximum absolute atomic E-state index is 13.9. The minimum Gasteiger partial charge on any atom is -0.486 e. The standard InChI is InChI=1S/C15H14F2N4O/c16-12-4-2-1-3-11(12)9-22-14-6-5-10(7-13(14)17)8-20-21-15(18)19/h1-8H,9H2,(H4,18,19,21). The van der Waals surface area contributed by atoms with E-state index in [0.717, 1.165) is 0 Å². The third-order valence-corrected chi connectivity index (χ3v) is 2.68. The second-order valence-corrected chi connectivity index (χ2v) is 4.34. The quantitative estimate of drug-likeness (QED) is 0.504. The van der Waals surface area contributed by atoms with Crippen LogP contribution in [-0.2, 0) is 6.61 Å². The van der Waals surface area contributed by atoms with E-state index < -0.39 is 11.6 Å². The molecule has 0 saturated carbocycles. The smallest absolute Gasteiger partial charge is 0.211 e. The molecule has 0 radical (unpaired) electrons. The molecule has 0 spiro atoms. The normalized spacial score (nSPS) is 10.6. The molecule has 0 amide bonds. The average Bonchev–Trinajstić information content (AvgIpc) is 2.47. The molecular weight excluding hydrogens is 290 g/mol. The van der Waals surface area contributed by atoms with Crippen LogP contribution in [0.25, 0.3) is 0 Å². The second kappa shape index (κ2) is 7.16. The van der Waals surface area contributed by atoms with Crippen molar-refractivity contribution in [2.24, 2.45) is 21.7 Å². The van der Waals surface area contributed by atoms with Crippen molar-refractivity contribution in [3.63, 3.8) is 0 Å². The van der Waals surface area contributed by atoms with Crippen LogP contribution in [0, 0.1) is 11.6 Å². The SMILES string of the molecule is NC(N)=NN=Cc1ccc(OCc2ccccc2F)c(F)c1. The largest absolute Gasteiger partial charge is 0.486 e. The van der Waals surface area contributed by atoms with Gasteiger partial charge in [0.2, 0.25) is 5.96 Å². The van der Waals surface area contributed by atoms with Crippen molar-refractivity contribution in [2.75, 3.05) is 0 Å². The van der Waals surface area contributed by atoms with Crippen LogP contribution in [0.5, 0.6) is 5.75 Å². The van der Waals surface area contributed by atoms with E-state index in [2.05, 4.69) is 10.2 Å². The van der Waals surface area contributed by atoms with Crippen molar-refractivity contribution >= 4 is 12.2 Å². The summed E-state index contributed by atoms with van der Waals surface area (Å²) >= 11 is 0. The first-order chi connectivity index (χ1) is 10.6. The zero-order chi connectivity index (χ0) is 15.9. The molecule has 0 aromatic heterocycles. The van der Waals surface area contributed by atoms with Gasteiger partial charge in [-0.3, -0.25) is 0 Å². The highest BCUT2D eigenvalue weighted by Crippen LogP contribution is 2.19. The van der Waals surface area contributed by atoms with Crippen LogP contribution < -0.4 is 16.2 Å². The fourth-order valence-electron chi connectivity index (χ4n) is 1.65. The Morgan fingerprint density at radius 3 is 2.55 bits per heavy atom. The second-order valence-electron chi connectivity index (χ2n) is 4.34. The molecule has 0 bridgehead atoms. The molecule has 0 aliphatic carbocycles. The van der Waals surface area contributed by atoms with Gasteiger partial charge in [-0.05, 0) is 29.8 Å². The Hall–Kier alpha value is -2.96. The number of nitrogens with two attached hydrogens (primary N) is 2. The van der Waals surface area contributed by atoms with Crippen LogP contribution >= 0.6 is 0 Å². The predicted molar refractivity (Wildman–Crippen MR) is 80.5 cm³/mol. The van der Waals surface area contributed by atoms with Crippen LogP contribution in [0.2, 0.25) is 0 Å². The van der Waals surface area contributed by atoms with Gasteiger partial charge >= 0.3 is 0 Å². The molecule has 0 heterocycles. The van der Waals surface area contributed by atoms with E-state index in [0.29, 0.717) is 11.1 Å². The summed E-state index contributed by atoms with van der Waals surface area (Å²) in [6.45, 7) is -0.0645. The van der Waals surface area contributed by atoms with Gasteiger partial charge in [-0.1, -0.05) is 18.2 Å². The average molecular weight is 304 g/mol. The Labute approximate surface area is 125 Å². The van der Waals surface area contributed by atoms with Gasteiger partial charge in [-0.2, -0.15) is 5.10 Å². The van der Waals surface area contributed by atoms with E-state index in [4.69, 9.17) is 16.2 Å². The van der Waals surface area contributed by atoms with Gasteiger partial charge in [0, 0.05) is 5.56 Å². The van der Waals surface area contributed by atoms with Gasteiger partial charge in [0.05, 0.1) is 6.21 Å². The fraction of sp³-hybridized carbons (Fsp3) is 0.0667. The fourth-order valence-corrected chi connectivity index (χ4v) is 1.65. The van der Waals surface area contributed by atoms with Crippen molar-refractivity contribution in [3.8, 4) is 5.75 Å². The minimum absolute atomic E-state index is 0.0160. The summed E-state index contributed by atoms with van der Waals surface area (Å²) in [4.78, 5) is 0. The number of hydrogen-bond donors (Lipinski definition) is 2. The predicted octanol–water partition coefficient (Wildman–Crippen LogP) is 2.15. The Morgan fingerprint density at radius 2 is 1.86 bits per heavy atom. The zero-order valence-electron chi connectivity index (χ0n) is 11.5. The molecule has 0 atom stereocenters. The molecule has 22 heavy (non-hydrogen) atoms. The van der Waals surface area contributed by atoms with Gasteiger partial charge in [-0.25, -0.2) is 8.78 Å². The highest BCUT2D eigenvalue weighted by molar-refractivity contribution is 5.81. The van der Waals surface area contributed by atoms with Crippen molar-refractivity contribution in [1.29, 1.82) is 0 Å². The third-order valence-electron chi connectivity index (χ3n) is 2.68. The van der Waals surface area contributed by atoms with Crippen LogP contribution in [-0.4, -0.2) is 12.2 Å². The topological polar surface area (TPSA) is 86.0 Å². The number of ether oxygens (including phenoxy) is 1. The van der Waals surface area contributed by atoms with E-state index >= 15 is 0 Å². The molecule has 4 N–H and O–H groups in total. The number of halogens is 2. The van der Waals surface area contributed by atoms with Crippen LogP contribution in [0.3, 0.4) is 0 Å². The van der Waals surface area contributed by atoms with E-state index in [-0.39, 0.29) is 18.3 Å². The molecular formula is C15H14F2N4O. The van der Waals surface area contributed by atoms with Crippen molar-refractivity contribution in [2.45, 2.75) is 6.61 Å². The van der Waals surface area contributed by atoms with Crippen molar-refractivity contribution in [1.82, 2.24) is 0 Å². The lowest BCUT2D eigenvalue weighted by molar-refractivity contribution is 0.285. The number of nitrogens with zero attached hydrogens (tertiary/aromatic N) is 2. The molecule has 2 aromatic rings. The Kier molecular flexibility index (Phi) is 5.02. The van der Waals surface area contributed by atoms with Gasteiger partial charge in [0.25, 0.3) is 0 Å². The number of guanidine groups is 1. The first kappa shape index (κ1) is 15.4. The van der Waals surface area contributed by atoms with Gasteiger partial charge in [0.1, 0.15) is 12.4 Å². The number of rotatable bonds is 5. The Morgan fingerprint density at radius 1 is 1.09 bits per heavy atom. The molecule has 7 heteroatoms. The molecule has 2 aromatic carbocycles. The molecule has 0 saturated heterocycles. The maximum atomic E-state index is 13.9. The highest BCUT2D eigenvalue weighted by atomic mass is 19.1. The summed E-state index contributed by atoms with van der Waals surface area (Å²) in [7, 11) is 0. The van der Waals surface area contributed by atoms with E-state index in [1.54, 1.807) is 24.3 Å². The van der Waals surface area contributed by atoms with Gasteiger partial charge in [0.15, 0.2) is 11.6 Å². The zero-order valence-corrected chi connectivity index (χ0v) is 11.5. The van der Waals surface area contributed by atoms with E-state index in [9.17, 15) is 8.78 Å². The summed E-state index contributed by atoms with van der Waals surface area (Å²) < 4.78 is 32.6. The Bertz CT molecular complexity index is 712. The third kappa shape index (κ3) is 4.27. The molecule has 0 aliphatic heterocycles. The first-order valence-corrected chi connectivity index (χ1v) is 6.34. The van der Waals surface area contributed by atoms with Crippen molar-refractivity contribution in [3.05, 3.63) is 65.2 Å². The number of benzene rings is 2. The minimum atomic E-state index is -0.593. The highest BCUT2D eigenvalue weighted by Gasteiger charge is 2.06. The lowest BCUT2D eigenvalue weighted by Gasteiger charge is -2.08. The lowest BCUT2D eigenvalue weighted by Crippen LogP contribution is -2.21. The monoisotopic (exact) mass is 304 g/mol. The molecule has 5 nitrogen and oxygen atoms in total. The molecule has 0 unspecified atom stereocenters. The van der Waals surface area contributed by atoms with Gasteiger partial charge in [-0.15, -0.1) is 5.10 Å². The summed E-state index contributed by atoms with van der Waals surface area (Å²) in [5.41, 5.74) is 11.0. The van der Waals surface area contributed by atoms with Gasteiger partial charge < -0.3 is 16.2 Å². The van der Waals surface area contributed by atoms with E-state index in [1.807, 2.05) is 0 Å². The summed E-state index contributed by atoms with van der Waals surface area (Å²) in [6, 6.07) is 10.4. The summed E-state index contributed by atoms with van der Waals surface area (Å²) in [6.07, 6.45) is 1.30. The lowest BCUT2D eigenvalue weighted by atomic mass is 10.2. The molecule has 0 fully saturated rings. The number of hydrogen-bond acceptors (Lipinski definition) is 3. The Balaban J connectivity index is 2.05. The van der Waals surface area contributed by atoms with Crippen LogP contribution in [0.1, 0.15) is 11.1 Å². The summed E-state index contributed by atoms with van der Waals surface area (Å²) in [5.74, 6) is -1.17.